The van der Waals surface area contributed by atoms with Crippen molar-refractivity contribution in [2.75, 3.05) is 6.61 Å². The van der Waals surface area contributed by atoms with E-state index in [2.05, 4.69) is 21.3 Å². The predicted molar refractivity (Wildman–Crippen MR) is 251 cm³/mol. The molecule has 4 N–H and O–H groups in total. The Morgan fingerprint density at radius 2 is 1.12 bits per heavy atom. The molecule has 1 aliphatic carbocycles. The molecule has 5 aromatic carbocycles. The van der Waals surface area contributed by atoms with Crippen LogP contribution >= 0.6 is 0 Å². The van der Waals surface area contributed by atoms with Crippen LogP contribution in [0.4, 0.5) is 4.79 Å². The zero-order valence-electron chi connectivity index (χ0n) is 37.0. The first-order valence-electron chi connectivity index (χ1n) is 22.7. The van der Waals surface area contributed by atoms with Crippen molar-refractivity contribution in [2.45, 2.75) is 95.0 Å². The fraction of sp³-hybridized carbons (Fsp3) is 0.315. The van der Waals surface area contributed by atoms with E-state index in [1.54, 1.807) is 6.92 Å². The lowest BCUT2D eigenvalue weighted by Gasteiger charge is -2.37. The second-order valence-electron chi connectivity index (χ2n) is 16.4. The molecule has 0 heterocycles. The van der Waals surface area contributed by atoms with Gasteiger partial charge in [0, 0.05) is 25.0 Å². The molecule has 65 heavy (non-hydrogen) atoms. The van der Waals surface area contributed by atoms with Gasteiger partial charge < -0.3 is 30.7 Å². The molecule has 338 valence electrons. The first kappa shape index (κ1) is 47.5. The lowest BCUT2D eigenvalue weighted by atomic mass is 9.77. The number of benzene rings is 5. The summed E-state index contributed by atoms with van der Waals surface area (Å²) in [5, 5.41) is 12.1. The zero-order valence-corrected chi connectivity index (χ0v) is 37.0. The molecule has 4 amide bonds. The third-order valence-corrected chi connectivity index (χ3v) is 11.7. The third-order valence-electron chi connectivity index (χ3n) is 11.7. The maximum absolute atomic E-state index is 14.5. The van der Waals surface area contributed by atoms with E-state index in [-0.39, 0.29) is 44.3 Å². The summed E-state index contributed by atoms with van der Waals surface area (Å²) in [6, 6.07) is 45.0. The molecular weight excluding hydrogens is 817 g/mol. The van der Waals surface area contributed by atoms with Gasteiger partial charge in [-0.05, 0) is 53.5 Å². The highest BCUT2D eigenvalue weighted by Gasteiger charge is 2.38. The molecule has 11 nitrogen and oxygen atoms in total. The summed E-state index contributed by atoms with van der Waals surface area (Å²) in [6.45, 7) is 1.89. The second kappa shape index (κ2) is 24.7. The molecule has 1 fully saturated rings. The van der Waals surface area contributed by atoms with Crippen molar-refractivity contribution in [1.82, 2.24) is 21.3 Å². The van der Waals surface area contributed by atoms with E-state index in [9.17, 15) is 24.0 Å². The number of nitrogens with one attached hydrogen (secondary N) is 4. The topological polar surface area (TPSA) is 152 Å². The largest absolute Gasteiger partial charge is 0.463 e. The van der Waals surface area contributed by atoms with Crippen LogP contribution < -0.4 is 21.3 Å². The van der Waals surface area contributed by atoms with Gasteiger partial charge in [-0.15, -0.1) is 0 Å². The number of ether oxygens (including phenoxy) is 2. The van der Waals surface area contributed by atoms with Gasteiger partial charge in [0.1, 0.15) is 24.2 Å². The minimum atomic E-state index is -1.09. The van der Waals surface area contributed by atoms with Crippen molar-refractivity contribution >= 4 is 29.8 Å². The molecule has 3 atom stereocenters. The first-order chi connectivity index (χ1) is 31.7. The Balaban J connectivity index is 1.23. The molecule has 1 saturated carbocycles. The Morgan fingerprint density at radius 1 is 0.615 bits per heavy atom. The molecular formula is C54H60N4O7. The molecule has 0 saturated heterocycles. The van der Waals surface area contributed by atoms with Crippen LogP contribution in [-0.2, 0) is 47.2 Å². The summed E-state index contributed by atoms with van der Waals surface area (Å²) in [6.07, 6.45) is 7.69. The highest BCUT2D eigenvalue weighted by atomic mass is 16.5. The molecule has 0 bridgehead atoms. The van der Waals surface area contributed by atoms with Crippen LogP contribution in [0.15, 0.2) is 164 Å². The summed E-state index contributed by atoms with van der Waals surface area (Å²) >= 11 is 0. The molecule has 6 rings (SSSR count). The van der Waals surface area contributed by atoms with Crippen LogP contribution in [-0.4, -0.2) is 54.5 Å². The number of amides is 4. The minimum Gasteiger partial charge on any atom is -0.463 e. The van der Waals surface area contributed by atoms with Gasteiger partial charge in [-0.2, -0.15) is 0 Å². The number of rotatable bonds is 21. The van der Waals surface area contributed by atoms with Gasteiger partial charge in [0.05, 0.1) is 6.61 Å². The number of alkyl carbamates (subject to hydrolysis) is 1. The van der Waals surface area contributed by atoms with E-state index in [4.69, 9.17) is 9.47 Å². The van der Waals surface area contributed by atoms with E-state index in [0.717, 1.165) is 59.9 Å². The third kappa shape index (κ3) is 14.2. The summed E-state index contributed by atoms with van der Waals surface area (Å²) in [5.41, 5.74) is 3.13. The van der Waals surface area contributed by atoms with Crippen molar-refractivity contribution in [2.24, 2.45) is 5.92 Å². The van der Waals surface area contributed by atoms with Gasteiger partial charge in [0.25, 0.3) is 0 Å². The predicted octanol–water partition coefficient (Wildman–Crippen LogP) is 8.47. The number of carbonyl (C=O) groups is 5. The van der Waals surface area contributed by atoms with Gasteiger partial charge in [-0.1, -0.05) is 190 Å². The van der Waals surface area contributed by atoms with Crippen molar-refractivity contribution in [3.05, 3.63) is 192 Å². The van der Waals surface area contributed by atoms with Gasteiger partial charge in [0.15, 0.2) is 0 Å². The molecule has 0 unspecified atom stereocenters. The quantitative estimate of drug-likeness (QED) is 0.0328. The van der Waals surface area contributed by atoms with Crippen molar-refractivity contribution < 1.29 is 33.4 Å². The highest BCUT2D eigenvalue weighted by Crippen LogP contribution is 2.37. The monoisotopic (exact) mass is 876 g/mol. The Hall–Kier alpha value is -7.01. The standard InChI is InChI=1S/C54H60N4O7/c1-2-64-50(60)36-34-46(33-35-49(59)58-54(43-27-15-6-16-28-43,44-29-17-7-18-30-44)45-31-19-8-20-32-45)55-51(61)47(37-40-21-9-3-10-22-40)56-52(62)48(38-41-23-11-4-12-24-41)57-53(63)65-39-42-25-13-5-14-26-42/h3,5-10,13-22,25-32,34,36,41,46-48H,2,4,11-12,23-24,33,35,37-39H2,1H3,(H,55,61)(H,56,62)(H,57,63)(H,58,59)/b36-34+/t46-,47-,48-/m0/s1. The summed E-state index contributed by atoms with van der Waals surface area (Å²) < 4.78 is 10.7. The van der Waals surface area contributed by atoms with Crippen LogP contribution in [0.2, 0.25) is 0 Å². The molecule has 0 aliphatic heterocycles. The highest BCUT2D eigenvalue weighted by molar-refractivity contribution is 5.92. The smallest absolute Gasteiger partial charge is 0.408 e. The summed E-state index contributed by atoms with van der Waals surface area (Å²) in [7, 11) is 0. The zero-order chi connectivity index (χ0) is 45.7. The van der Waals surface area contributed by atoms with Gasteiger partial charge in [-0.3, -0.25) is 14.4 Å². The molecule has 0 aromatic heterocycles. The average Bonchev–Trinajstić information content (AvgIpc) is 3.34. The average molecular weight is 877 g/mol. The van der Waals surface area contributed by atoms with E-state index in [1.165, 1.54) is 12.2 Å². The number of hydrogen-bond donors (Lipinski definition) is 4. The fourth-order valence-electron chi connectivity index (χ4n) is 8.45. The molecule has 0 spiro atoms. The van der Waals surface area contributed by atoms with Crippen LogP contribution in [0.1, 0.15) is 86.1 Å². The molecule has 11 heteroatoms. The maximum atomic E-state index is 14.5. The van der Waals surface area contributed by atoms with Crippen molar-refractivity contribution in [3.63, 3.8) is 0 Å². The lowest BCUT2D eigenvalue weighted by Crippen LogP contribution is -2.56. The van der Waals surface area contributed by atoms with Crippen molar-refractivity contribution in [1.29, 1.82) is 0 Å². The first-order valence-corrected chi connectivity index (χ1v) is 22.7. The lowest BCUT2D eigenvalue weighted by molar-refractivity contribution is -0.137. The molecule has 1 aliphatic rings. The van der Waals surface area contributed by atoms with Gasteiger partial charge in [0.2, 0.25) is 17.7 Å². The Kier molecular flexibility index (Phi) is 18.1. The van der Waals surface area contributed by atoms with E-state index in [0.29, 0.717) is 6.42 Å². The van der Waals surface area contributed by atoms with E-state index < -0.39 is 47.5 Å². The van der Waals surface area contributed by atoms with Gasteiger partial charge in [-0.25, -0.2) is 9.59 Å². The number of esters is 1. The van der Waals surface area contributed by atoms with Crippen LogP contribution in [0, 0.1) is 5.92 Å². The Bertz CT molecular complexity index is 2190. The van der Waals surface area contributed by atoms with Crippen LogP contribution in [0.5, 0.6) is 0 Å². The van der Waals surface area contributed by atoms with Crippen LogP contribution in [0.25, 0.3) is 0 Å². The summed E-state index contributed by atoms with van der Waals surface area (Å²) in [5.74, 6) is -1.73. The molecule has 0 radical (unpaired) electrons. The minimum absolute atomic E-state index is 0.0357. The summed E-state index contributed by atoms with van der Waals surface area (Å²) in [4.78, 5) is 68.9. The van der Waals surface area contributed by atoms with Gasteiger partial charge >= 0.3 is 12.1 Å². The number of carbonyl (C=O) groups excluding carboxylic acids is 5. The SMILES string of the molecule is CCOC(=O)/C=C/[C@H](CCC(=O)NC(c1ccccc1)(c1ccccc1)c1ccccc1)NC(=O)[C@H](Cc1ccccc1)NC(=O)[C@H](CC1CCCCC1)NC(=O)OCc1ccccc1. The maximum Gasteiger partial charge on any atom is 0.408 e. The second-order valence-corrected chi connectivity index (χ2v) is 16.4. The van der Waals surface area contributed by atoms with Crippen LogP contribution in [0.3, 0.4) is 0 Å². The molecule has 5 aromatic rings. The number of hydrogen-bond acceptors (Lipinski definition) is 7. The fourth-order valence-corrected chi connectivity index (χ4v) is 8.45. The Morgan fingerprint density at radius 3 is 1.66 bits per heavy atom. The van der Waals surface area contributed by atoms with E-state index in [1.807, 2.05) is 152 Å². The Labute approximate surface area is 382 Å². The normalized spacial score (nSPS) is 14.3. The van der Waals surface area contributed by atoms with Crippen molar-refractivity contribution in [3.8, 4) is 0 Å². The van der Waals surface area contributed by atoms with E-state index >= 15 is 0 Å².